The first-order valence-corrected chi connectivity index (χ1v) is 6.85. The van der Waals surface area contributed by atoms with Crippen LogP contribution in [-0.2, 0) is 9.59 Å². The van der Waals surface area contributed by atoms with E-state index >= 15 is 0 Å². The molecule has 0 unspecified atom stereocenters. The minimum absolute atomic E-state index is 0.0887. The molecule has 0 spiro atoms. The molecular weight excluding hydrogens is 232 g/mol. The molecule has 0 aromatic rings. The highest BCUT2D eigenvalue weighted by molar-refractivity contribution is 5.76. The molecule has 0 aliphatic heterocycles. The number of carbonyl (C=O) groups excluding carboxylic acids is 1. The standard InChI is InChI=1S/C13H24N2O3/c14-9-3-1-2-4-12(16)15-11-7-5-10(6-8-11)13(17)18/h10-11H,1-9,14H2,(H,15,16)(H,17,18). The summed E-state index contributed by atoms with van der Waals surface area (Å²) in [5, 5.41) is 11.9. The maximum absolute atomic E-state index is 11.6. The predicted octanol–water partition coefficient (Wildman–Crippen LogP) is 1.27. The Labute approximate surface area is 108 Å². The van der Waals surface area contributed by atoms with Gasteiger partial charge in [-0.3, -0.25) is 9.59 Å². The van der Waals surface area contributed by atoms with Gasteiger partial charge >= 0.3 is 5.97 Å². The normalized spacial score (nSPS) is 23.6. The fraction of sp³-hybridized carbons (Fsp3) is 0.846. The van der Waals surface area contributed by atoms with Crippen molar-refractivity contribution in [3.05, 3.63) is 0 Å². The lowest BCUT2D eigenvalue weighted by Crippen LogP contribution is -2.38. The molecule has 18 heavy (non-hydrogen) atoms. The Morgan fingerprint density at radius 2 is 1.78 bits per heavy atom. The predicted molar refractivity (Wildman–Crippen MR) is 69.0 cm³/mol. The zero-order valence-corrected chi connectivity index (χ0v) is 10.9. The Morgan fingerprint density at radius 3 is 2.33 bits per heavy atom. The van der Waals surface area contributed by atoms with Crippen molar-refractivity contribution in [1.29, 1.82) is 0 Å². The van der Waals surface area contributed by atoms with Gasteiger partial charge in [-0.1, -0.05) is 6.42 Å². The lowest BCUT2D eigenvalue weighted by atomic mass is 9.86. The van der Waals surface area contributed by atoms with Crippen molar-refractivity contribution in [3.63, 3.8) is 0 Å². The summed E-state index contributed by atoms with van der Waals surface area (Å²) in [5.41, 5.74) is 5.38. The third kappa shape index (κ3) is 5.49. The summed E-state index contributed by atoms with van der Waals surface area (Å²) >= 11 is 0. The first-order valence-electron chi connectivity index (χ1n) is 6.85. The molecule has 0 saturated heterocycles. The van der Waals surface area contributed by atoms with E-state index in [0.717, 1.165) is 32.1 Å². The van der Waals surface area contributed by atoms with Crippen LogP contribution in [0.2, 0.25) is 0 Å². The third-order valence-electron chi connectivity index (χ3n) is 3.55. The summed E-state index contributed by atoms with van der Waals surface area (Å²) in [6.45, 7) is 0.681. The van der Waals surface area contributed by atoms with E-state index in [4.69, 9.17) is 10.8 Å². The number of nitrogens with two attached hydrogens (primary N) is 1. The summed E-state index contributed by atoms with van der Waals surface area (Å²) < 4.78 is 0. The lowest BCUT2D eigenvalue weighted by Gasteiger charge is -2.26. The van der Waals surface area contributed by atoms with Gasteiger partial charge < -0.3 is 16.2 Å². The minimum Gasteiger partial charge on any atom is -0.481 e. The SMILES string of the molecule is NCCCCCC(=O)NC1CCC(C(=O)O)CC1. The van der Waals surface area contributed by atoms with Gasteiger partial charge in [0.25, 0.3) is 0 Å². The molecule has 1 aliphatic carbocycles. The van der Waals surface area contributed by atoms with Gasteiger partial charge in [-0.2, -0.15) is 0 Å². The van der Waals surface area contributed by atoms with Crippen LogP contribution in [-0.4, -0.2) is 29.6 Å². The maximum Gasteiger partial charge on any atom is 0.306 e. The molecule has 4 N–H and O–H groups in total. The smallest absolute Gasteiger partial charge is 0.306 e. The Bertz CT molecular complexity index is 273. The average molecular weight is 256 g/mol. The average Bonchev–Trinajstić information content (AvgIpc) is 2.35. The fourth-order valence-corrected chi connectivity index (χ4v) is 2.39. The second-order valence-electron chi connectivity index (χ2n) is 5.05. The van der Waals surface area contributed by atoms with Crippen molar-refractivity contribution in [2.45, 2.75) is 57.4 Å². The van der Waals surface area contributed by atoms with E-state index in [2.05, 4.69) is 5.32 Å². The summed E-state index contributed by atoms with van der Waals surface area (Å²) in [5.74, 6) is -0.838. The number of hydrogen-bond donors (Lipinski definition) is 3. The second-order valence-corrected chi connectivity index (χ2v) is 5.05. The summed E-state index contributed by atoms with van der Waals surface area (Å²) in [7, 11) is 0. The molecule has 1 saturated carbocycles. The van der Waals surface area contributed by atoms with E-state index in [1.54, 1.807) is 0 Å². The zero-order chi connectivity index (χ0) is 13.4. The monoisotopic (exact) mass is 256 g/mol. The Morgan fingerprint density at radius 1 is 1.11 bits per heavy atom. The highest BCUT2D eigenvalue weighted by Gasteiger charge is 2.26. The molecule has 1 rings (SSSR count). The van der Waals surface area contributed by atoms with Crippen LogP contribution in [0.15, 0.2) is 0 Å². The molecule has 0 atom stereocenters. The highest BCUT2D eigenvalue weighted by Crippen LogP contribution is 2.24. The molecule has 1 aliphatic rings. The van der Waals surface area contributed by atoms with Gasteiger partial charge in [-0.15, -0.1) is 0 Å². The van der Waals surface area contributed by atoms with Crippen LogP contribution in [0.5, 0.6) is 0 Å². The van der Waals surface area contributed by atoms with Gasteiger partial charge in [0.05, 0.1) is 5.92 Å². The number of carboxylic acid groups (broad SMARTS) is 1. The summed E-state index contributed by atoms with van der Waals surface area (Å²) in [6, 6.07) is 0.169. The number of unbranched alkanes of at least 4 members (excludes halogenated alkanes) is 2. The molecule has 0 heterocycles. The fourth-order valence-electron chi connectivity index (χ4n) is 2.39. The molecule has 0 aromatic heterocycles. The van der Waals surface area contributed by atoms with Gasteiger partial charge in [0, 0.05) is 12.5 Å². The number of rotatable bonds is 7. The van der Waals surface area contributed by atoms with Crippen LogP contribution in [0.25, 0.3) is 0 Å². The van der Waals surface area contributed by atoms with Crippen molar-refractivity contribution in [3.8, 4) is 0 Å². The van der Waals surface area contributed by atoms with Gasteiger partial charge in [-0.25, -0.2) is 0 Å². The molecule has 0 aromatic carbocycles. The van der Waals surface area contributed by atoms with Crippen LogP contribution < -0.4 is 11.1 Å². The van der Waals surface area contributed by atoms with E-state index < -0.39 is 5.97 Å². The molecular formula is C13H24N2O3. The van der Waals surface area contributed by atoms with Crippen LogP contribution in [0.3, 0.4) is 0 Å². The minimum atomic E-state index is -0.707. The number of nitrogens with one attached hydrogen (secondary N) is 1. The van der Waals surface area contributed by atoms with Gasteiger partial charge in [0.2, 0.25) is 5.91 Å². The maximum atomic E-state index is 11.6. The molecule has 1 fully saturated rings. The van der Waals surface area contributed by atoms with Gasteiger partial charge in [0.15, 0.2) is 0 Å². The van der Waals surface area contributed by atoms with E-state index in [-0.39, 0.29) is 17.9 Å². The zero-order valence-electron chi connectivity index (χ0n) is 10.9. The summed E-state index contributed by atoms with van der Waals surface area (Å²) in [4.78, 5) is 22.4. The van der Waals surface area contributed by atoms with Crippen molar-refractivity contribution >= 4 is 11.9 Å². The van der Waals surface area contributed by atoms with Crippen LogP contribution >= 0.6 is 0 Å². The number of carboxylic acids is 1. The van der Waals surface area contributed by atoms with Gasteiger partial charge in [-0.05, 0) is 45.1 Å². The molecule has 0 radical (unpaired) electrons. The van der Waals surface area contributed by atoms with Crippen LogP contribution in [0, 0.1) is 5.92 Å². The van der Waals surface area contributed by atoms with Crippen molar-refractivity contribution in [2.24, 2.45) is 11.7 Å². The second kappa shape index (κ2) is 8.08. The molecule has 5 nitrogen and oxygen atoms in total. The third-order valence-corrected chi connectivity index (χ3v) is 3.55. The van der Waals surface area contributed by atoms with Crippen molar-refractivity contribution < 1.29 is 14.7 Å². The van der Waals surface area contributed by atoms with E-state index in [9.17, 15) is 9.59 Å². The largest absolute Gasteiger partial charge is 0.481 e. The summed E-state index contributed by atoms with van der Waals surface area (Å²) in [6.07, 6.45) is 6.32. The van der Waals surface area contributed by atoms with Gasteiger partial charge in [0.1, 0.15) is 0 Å². The number of aliphatic carboxylic acids is 1. The Kier molecular flexibility index (Phi) is 6.72. The molecule has 5 heteroatoms. The van der Waals surface area contributed by atoms with E-state index in [0.29, 0.717) is 25.8 Å². The van der Waals surface area contributed by atoms with E-state index in [1.807, 2.05) is 0 Å². The number of carbonyl (C=O) groups is 2. The lowest BCUT2D eigenvalue weighted by molar-refractivity contribution is -0.142. The molecule has 0 bridgehead atoms. The molecule has 104 valence electrons. The number of hydrogen-bond acceptors (Lipinski definition) is 3. The molecule has 1 amide bonds. The van der Waals surface area contributed by atoms with Crippen molar-refractivity contribution in [1.82, 2.24) is 5.32 Å². The van der Waals surface area contributed by atoms with E-state index in [1.165, 1.54) is 0 Å². The van der Waals surface area contributed by atoms with Crippen LogP contribution in [0.4, 0.5) is 0 Å². The quantitative estimate of drug-likeness (QED) is 0.598. The highest BCUT2D eigenvalue weighted by atomic mass is 16.4. The Hall–Kier alpha value is -1.10. The number of amides is 1. The first-order chi connectivity index (χ1) is 8.63. The van der Waals surface area contributed by atoms with Crippen molar-refractivity contribution in [2.75, 3.05) is 6.54 Å². The van der Waals surface area contributed by atoms with Crippen LogP contribution in [0.1, 0.15) is 51.4 Å². The first kappa shape index (κ1) is 15.0. The topological polar surface area (TPSA) is 92.4 Å². The Balaban J connectivity index is 2.12.